The van der Waals surface area contributed by atoms with Gasteiger partial charge in [-0.2, -0.15) is 0 Å². The van der Waals surface area contributed by atoms with Gasteiger partial charge in [0.2, 0.25) is 5.91 Å². The molecule has 1 heterocycles. The number of hydrogen-bond acceptors (Lipinski definition) is 3. The molecule has 1 rings (SSSR count). The second kappa shape index (κ2) is 8.13. The van der Waals surface area contributed by atoms with Crippen molar-refractivity contribution in [2.75, 3.05) is 6.54 Å². The molecule has 4 heteroatoms. The predicted octanol–water partition coefficient (Wildman–Crippen LogP) is 2.96. The minimum absolute atomic E-state index is 0.111. The lowest BCUT2D eigenvalue weighted by molar-refractivity contribution is -0.121. The Morgan fingerprint density at radius 3 is 2.52 bits per heavy atom. The minimum atomic E-state index is 0.111. The third kappa shape index (κ3) is 5.46. The molecule has 118 valence electrons. The molecule has 1 aromatic heterocycles. The number of carbonyl (C=O) groups excluding carboxylic acids is 1. The molecule has 21 heavy (non-hydrogen) atoms. The Balaban J connectivity index is 2.51. The summed E-state index contributed by atoms with van der Waals surface area (Å²) < 4.78 is 0. The van der Waals surface area contributed by atoms with Crippen molar-refractivity contribution in [3.05, 3.63) is 28.6 Å². The van der Waals surface area contributed by atoms with E-state index in [4.69, 9.17) is 0 Å². The van der Waals surface area contributed by atoms with E-state index in [1.165, 1.54) is 11.1 Å². The summed E-state index contributed by atoms with van der Waals surface area (Å²) in [5.41, 5.74) is 4.61. The van der Waals surface area contributed by atoms with E-state index >= 15 is 0 Å². The van der Waals surface area contributed by atoms with E-state index in [-0.39, 0.29) is 18.0 Å². The van der Waals surface area contributed by atoms with Crippen molar-refractivity contribution in [1.82, 2.24) is 15.6 Å². The summed E-state index contributed by atoms with van der Waals surface area (Å²) in [5, 5.41) is 6.40. The van der Waals surface area contributed by atoms with Crippen LogP contribution in [0.4, 0.5) is 0 Å². The summed E-state index contributed by atoms with van der Waals surface area (Å²) in [6.45, 7) is 13.1. The summed E-state index contributed by atoms with van der Waals surface area (Å²) in [6.07, 6.45) is 1.47. The first kappa shape index (κ1) is 17.6. The first-order valence-corrected chi connectivity index (χ1v) is 7.82. The SMILES string of the molecule is CCC(C)NC(=O)CCNC(C)c1c(C)cc(C)nc1C. The summed E-state index contributed by atoms with van der Waals surface area (Å²) >= 11 is 0. The van der Waals surface area contributed by atoms with Gasteiger partial charge in [0.05, 0.1) is 0 Å². The van der Waals surface area contributed by atoms with Crippen molar-refractivity contribution in [2.45, 2.75) is 66.5 Å². The number of aromatic nitrogens is 1. The zero-order valence-electron chi connectivity index (χ0n) is 14.2. The monoisotopic (exact) mass is 291 g/mol. The molecule has 0 saturated heterocycles. The van der Waals surface area contributed by atoms with E-state index in [0.29, 0.717) is 13.0 Å². The van der Waals surface area contributed by atoms with E-state index in [2.05, 4.69) is 42.5 Å². The molecular weight excluding hydrogens is 262 g/mol. The van der Waals surface area contributed by atoms with E-state index in [9.17, 15) is 4.79 Å². The minimum Gasteiger partial charge on any atom is -0.354 e. The summed E-state index contributed by atoms with van der Waals surface area (Å²) in [4.78, 5) is 16.3. The van der Waals surface area contributed by atoms with Gasteiger partial charge in [-0.05, 0) is 58.2 Å². The van der Waals surface area contributed by atoms with Crippen molar-refractivity contribution in [3.63, 3.8) is 0 Å². The first-order valence-electron chi connectivity index (χ1n) is 7.82. The van der Waals surface area contributed by atoms with Gasteiger partial charge >= 0.3 is 0 Å². The third-order valence-electron chi connectivity index (χ3n) is 3.84. The van der Waals surface area contributed by atoms with Crippen LogP contribution in [0.2, 0.25) is 0 Å². The lowest BCUT2D eigenvalue weighted by Crippen LogP contribution is -2.34. The zero-order chi connectivity index (χ0) is 16.0. The zero-order valence-corrected chi connectivity index (χ0v) is 14.2. The molecule has 1 amide bonds. The van der Waals surface area contributed by atoms with Crippen LogP contribution in [0.25, 0.3) is 0 Å². The van der Waals surface area contributed by atoms with Gasteiger partial charge in [-0.3, -0.25) is 9.78 Å². The van der Waals surface area contributed by atoms with E-state index < -0.39 is 0 Å². The number of carbonyl (C=O) groups is 1. The average Bonchev–Trinajstić information content (AvgIpc) is 2.37. The Hall–Kier alpha value is -1.42. The van der Waals surface area contributed by atoms with Gasteiger partial charge in [0.25, 0.3) is 0 Å². The summed E-state index contributed by atoms with van der Waals surface area (Å²) in [7, 11) is 0. The third-order valence-corrected chi connectivity index (χ3v) is 3.84. The Morgan fingerprint density at radius 2 is 1.95 bits per heavy atom. The molecule has 4 nitrogen and oxygen atoms in total. The molecular formula is C17H29N3O. The molecule has 0 aliphatic carbocycles. The normalized spacial score (nSPS) is 13.8. The maximum atomic E-state index is 11.7. The lowest BCUT2D eigenvalue weighted by Gasteiger charge is -2.19. The number of rotatable bonds is 7. The van der Waals surface area contributed by atoms with Crippen molar-refractivity contribution < 1.29 is 4.79 Å². The van der Waals surface area contributed by atoms with Crippen LogP contribution in [-0.2, 0) is 4.79 Å². The fourth-order valence-electron chi connectivity index (χ4n) is 2.64. The number of aryl methyl sites for hydroxylation is 3. The molecule has 0 fully saturated rings. The van der Waals surface area contributed by atoms with Gasteiger partial charge in [0, 0.05) is 36.4 Å². The van der Waals surface area contributed by atoms with Crippen LogP contribution < -0.4 is 10.6 Å². The van der Waals surface area contributed by atoms with E-state index in [1.807, 2.05) is 20.8 Å². The topological polar surface area (TPSA) is 54.0 Å². The highest BCUT2D eigenvalue weighted by molar-refractivity contribution is 5.76. The molecule has 0 aromatic carbocycles. The van der Waals surface area contributed by atoms with Gasteiger partial charge in [-0.15, -0.1) is 0 Å². The highest BCUT2D eigenvalue weighted by Gasteiger charge is 2.13. The van der Waals surface area contributed by atoms with Gasteiger partial charge in [-0.1, -0.05) is 6.92 Å². The first-order chi connectivity index (χ1) is 9.85. The second-order valence-corrected chi connectivity index (χ2v) is 5.88. The number of amides is 1. The Bertz CT molecular complexity index is 462. The maximum absolute atomic E-state index is 11.7. The van der Waals surface area contributed by atoms with Crippen LogP contribution >= 0.6 is 0 Å². The molecule has 0 saturated carbocycles. The van der Waals surface area contributed by atoms with E-state index in [1.54, 1.807) is 0 Å². The van der Waals surface area contributed by atoms with Gasteiger partial charge < -0.3 is 10.6 Å². The molecule has 0 aliphatic rings. The Kier molecular flexibility index (Phi) is 6.82. The maximum Gasteiger partial charge on any atom is 0.221 e. The van der Waals surface area contributed by atoms with Gasteiger partial charge in [0.15, 0.2) is 0 Å². The van der Waals surface area contributed by atoms with Crippen molar-refractivity contribution in [3.8, 4) is 0 Å². The average molecular weight is 291 g/mol. The summed E-state index contributed by atoms with van der Waals surface area (Å²) in [5.74, 6) is 0.111. The molecule has 0 aliphatic heterocycles. The van der Waals surface area contributed by atoms with Gasteiger partial charge in [0.1, 0.15) is 0 Å². The molecule has 0 spiro atoms. The summed E-state index contributed by atoms with van der Waals surface area (Å²) in [6, 6.07) is 2.56. The highest BCUT2D eigenvalue weighted by Crippen LogP contribution is 2.20. The molecule has 2 unspecified atom stereocenters. The molecule has 0 radical (unpaired) electrons. The standard InChI is InChI=1S/C17H29N3O/c1-7-12(3)20-16(21)8-9-18-14(5)17-11(2)10-13(4)19-15(17)6/h10,12,14,18H,7-9H2,1-6H3,(H,20,21). The van der Waals surface area contributed by atoms with Crippen LogP contribution in [0.1, 0.15) is 62.2 Å². The number of hydrogen-bond donors (Lipinski definition) is 2. The fraction of sp³-hybridized carbons (Fsp3) is 0.647. The fourth-order valence-corrected chi connectivity index (χ4v) is 2.64. The van der Waals surface area contributed by atoms with Crippen molar-refractivity contribution in [2.24, 2.45) is 0 Å². The van der Waals surface area contributed by atoms with Crippen LogP contribution in [0, 0.1) is 20.8 Å². The number of pyridine rings is 1. The quantitative estimate of drug-likeness (QED) is 0.812. The second-order valence-electron chi connectivity index (χ2n) is 5.88. The number of nitrogens with one attached hydrogen (secondary N) is 2. The van der Waals surface area contributed by atoms with Crippen molar-refractivity contribution in [1.29, 1.82) is 0 Å². The van der Waals surface area contributed by atoms with Gasteiger partial charge in [-0.25, -0.2) is 0 Å². The van der Waals surface area contributed by atoms with Crippen LogP contribution in [0.5, 0.6) is 0 Å². The van der Waals surface area contributed by atoms with Crippen LogP contribution in [0.15, 0.2) is 6.07 Å². The molecule has 0 bridgehead atoms. The number of nitrogens with zero attached hydrogens (tertiary/aromatic N) is 1. The molecule has 1 aromatic rings. The Labute approximate surface area is 128 Å². The van der Waals surface area contributed by atoms with Crippen LogP contribution in [0.3, 0.4) is 0 Å². The Morgan fingerprint density at radius 1 is 1.29 bits per heavy atom. The molecule has 2 atom stereocenters. The van der Waals surface area contributed by atoms with E-state index in [0.717, 1.165) is 17.8 Å². The lowest BCUT2D eigenvalue weighted by atomic mass is 10.0. The largest absolute Gasteiger partial charge is 0.354 e. The highest BCUT2D eigenvalue weighted by atomic mass is 16.1. The van der Waals surface area contributed by atoms with Crippen molar-refractivity contribution >= 4 is 5.91 Å². The smallest absolute Gasteiger partial charge is 0.221 e. The predicted molar refractivity (Wildman–Crippen MR) is 87.4 cm³/mol. The van der Waals surface area contributed by atoms with Crippen LogP contribution in [-0.4, -0.2) is 23.5 Å². The molecule has 2 N–H and O–H groups in total.